The summed E-state index contributed by atoms with van der Waals surface area (Å²) in [5, 5.41) is 0. The number of carbonyl (C=O) groups excluding carboxylic acids is 1. The van der Waals surface area contributed by atoms with Gasteiger partial charge in [-0.15, -0.1) is 0 Å². The summed E-state index contributed by atoms with van der Waals surface area (Å²) in [5.41, 5.74) is 0. The first-order valence-corrected chi connectivity index (χ1v) is 5.37. The van der Waals surface area contributed by atoms with Crippen molar-refractivity contribution in [3.05, 3.63) is 0 Å². The number of hydrogen-bond donors (Lipinski definition) is 0. The van der Waals surface area contributed by atoms with Crippen molar-refractivity contribution in [2.75, 3.05) is 7.05 Å². The summed E-state index contributed by atoms with van der Waals surface area (Å²) in [5.74, 6) is 0.804. The van der Waals surface area contributed by atoms with Gasteiger partial charge in [0.25, 0.3) is 0 Å². The first kappa shape index (κ1) is 10.6. The lowest BCUT2D eigenvalue weighted by Gasteiger charge is -2.25. The highest BCUT2D eigenvalue weighted by molar-refractivity contribution is 5.76. The molecule has 0 unspecified atom stereocenters. The average Bonchev–Trinajstić information content (AvgIpc) is 2.53. The van der Waals surface area contributed by atoms with Gasteiger partial charge >= 0.3 is 0 Å². The van der Waals surface area contributed by atoms with Gasteiger partial charge in [-0.05, 0) is 18.8 Å². The molecule has 0 aromatic rings. The van der Waals surface area contributed by atoms with E-state index < -0.39 is 0 Å². The van der Waals surface area contributed by atoms with E-state index in [1.54, 1.807) is 0 Å². The molecule has 0 aromatic carbocycles. The zero-order chi connectivity index (χ0) is 9.84. The Morgan fingerprint density at radius 3 is 2.38 bits per heavy atom. The zero-order valence-electron chi connectivity index (χ0n) is 9.05. The Hall–Kier alpha value is -0.530. The van der Waals surface area contributed by atoms with Crippen molar-refractivity contribution < 1.29 is 4.79 Å². The topological polar surface area (TPSA) is 20.3 Å². The van der Waals surface area contributed by atoms with Crippen LogP contribution in [-0.4, -0.2) is 23.9 Å². The van der Waals surface area contributed by atoms with Crippen LogP contribution in [0.25, 0.3) is 0 Å². The molecule has 0 bridgehead atoms. The van der Waals surface area contributed by atoms with Crippen LogP contribution < -0.4 is 0 Å². The van der Waals surface area contributed by atoms with Crippen LogP contribution >= 0.6 is 0 Å². The predicted molar refractivity (Wildman–Crippen MR) is 54.5 cm³/mol. The monoisotopic (exact) mass is 183 g/mol. The third kappa shape index (κ3) is 3.02. The summed E-state index contributed by atoms with van der Waals surface area (Å²) >= 11 is 0. The normalized spacial score (nSPS) is 18.2. The summed E-state index contributed by atoms with van der Waals surface area (Å²) < 4.78 is 0. The van der Waals surface area contributed by atoms with Crippen molar-refractivity contribution in [1.29, 1.82) is 0 Å². The van der Waals surface area contributed by atoms with Crippen molar-refractivity contribution in [2.45, 2.75) is 52.0 Å². The van der Waals surface area contributed by atoms with Gasteiger partial charge in [0.05, 0.1) is 0 Å². The summed E-state index contributed by atoms with van der Waals surface area (Å²) in [6.07, 6.45) is 5.71. The molecule has 0 spiro atoms. The van der Waals surface area contributed by atoms with Crippen LogP contribution in [0.15, 0.2) is 0 Å². The lowest BCUT2D eigenvalue weighted by atomic mass is 10.1. The van der Waals surface area contributed by atoms with E-state index in [-0.39, 0.29) is 0 Å². The molecule has 1 aliphatic rings. The highest BCUT2D eigenvalue weighted by Gasteiger charge is 2.23. The van der Waals surface area contributed by atoms with Gasteiger partial charge in [-0.1, -0.05) is 26.7 Å². The van der Waals surface area contributed by atoms with Crippen molar-refractivity contribution in [2.24, 2.45) is 5.92 Å². The zero-order valence-corrected chi connectivity index (χ0v) is 9.05. The van der Waals surface area contributed by atoms with Crippen molar-refractivity contribution >= 4 is 5.91 Å². The quantitative estimate of drug-likeness (QED) is 0.658. The minimum Gasteiger partial charge on any atom is -0.343 e. The average molecular weight is 183 g/mol. The van der Waals surface area contributed by atoms with Gasteiger partial charge in [-0.25, -0.2) is 0 Å². The number of carbonyl (C=O) groups is 1. The lowest BCUT2D eigenvalue weighted by molar-refractivity contribution is -0.132. The third-order valence-electron chi connectivity index (χ3n) is 2.85. The van der Waals surface area contributed by atoms with Crippen LogP contribution in [0, 0.1) is 5.92 Å². The molecule has 76 valence electrons. The van der Waals surface area contributed by atoms with E-state index in [1.165, 1.54) is 25.7 Å². The van der Waals surface area contributed by atoms with Crippen LogP contribution in [0.4, 0.5) is 0 Å². The molecule has 1 rings (SSSR count). The second kappa shape index (κ2) is 4.64. The molecular formula is C11H21NO. The number of rotatable bonds is 3. The van der Waals surface area contributed by atoms with Crippen LogP contribution in [0.3, 0.4) is 0 Å². The van der Waals surface area contributed by atoms with Gasteiger partial charge in [0.1, 0.15) is 0 Å². The SMILES string of the molecule is CC(C)CC(=O)N(C)C1CCCC1. The van der Waals surface area contributed by atoms with Gasteiger partial charge in [0, 0.05) is 19.5 Å². The molecule has 0 heterocycles. The molecule has 0 N–H and O–H groups in total. The Morgan fingerprint density at radius 2 is 1.92 bits per heavy atom. The van der Waals surface area contributed by atoms with Crippen LogP contribution in [0.1, 0.15) is 46.0 Å². The Balaban J connectivity index is 2.36. The van der Waals surface area contributed by atoms with Gasteiger partial charge in [-0.2, -0.15) is 0 Å². The highest BCUT2D eigenvalue weighted by atomic mass is 16.2. The summed E-state index contributed by atoms with van der Waals surface area (Å²) in [6.45, 7) is 4.20. The van der Waals surface area contributed by atoms with E-state index in [0.29, 0.717) is 24.3 Å². The van der Waals surface area contributed by atoms with Gasteiger partial charge < -0.3 is 4.90 Å². The smallest absolute Gasteiger partial charge is 0.222 e. The maximum atomic E-state index is 11.7. The molecule has 1 saturated carbocycles. The standard InChI is InChI=1S/C11H21NO/c1-9(2)8-11(13)12(3)10-6-4-5-7-10/h9-10H,4-8H2,1-3H3. The first-order valence-electron chi connectivity index (χ1n) is 5.37. The van der Waals surface area contributed by atoms with E-state index >= 15 is 0 Å². The van der Waals surface area contributed by atoms with Crippen LogP contribution in [0.2, 0.25) is 0 Å². The molecular weight excluding hydrogens is 162 g/mol. The molecule has 2 heteroatoms. The van der Waals surface area contributed by atoms with Gasteiger partial charge in [0.2, 0.25) is 5.91 Å². The van der Waals surface area contributed by atoms with Gasteiger partial charge in [0.15, 0.2) is 0 Å². The maximum absolute atomic E-state index is 11.7. The third-order valence-corrected chi connectivity index (χ3v) is 2.85. The number of amides is 1. The molecule has 2 nitrogen and oxygen atoms in total. The minimum absolute atomic E-state index is 0.321. The first-order chi connectivity index (χ1) is 6.11. The molecule has 0 aliphatic heterocycles. The fourth-order valence-electron chi connectivity index (χ4n) is 1.99. The van der Waals surface area contributed by atoms with Crippen molar-refractivity contribution in [3.63, 3.8) is 0 Å². The maximum Gasteiger partial charge on any atom is 0.222 e. The largest absolute Gasteiger partial charge is 0.343 e. The van der Waals surface area contributed by atoms with E-state index in [1.807, 2.05) is 11.9 Å². The predicted octanol–water partition coefficient (Wildman–Crippen LogP) is 2.43. The molecule has 0 saturated heterocycles. The van der Waals surface area contributed by atoms with E-state index in [9.17, 15) is 4.79 Å². The van der Waals surface area contributed by atoms with Crippen LogP contribution in [-0.2, 0) is 4.79 Å². The molecule has 13 heavy (non-hydrogen) atoms. The van der Waals surface area contributed by atoms with E-state index in [2.05, 4.69) is 13.8 Å². The second-order valence-electron chi connectivity index (χ2n) is 4.54. The number of hydrogen-bond acceptors (Lipinski definition) is 1. The van der Waals surface area contributed by atoms with Crippen LogP contribution in [0.5, 0.6) is 0 Å². The molecule has 1 fully saturated rings. The summed E-state index contributed by atoms with van der Waals surface area (Å²) in [7, 11) is 1.96. The Bertz CT molecular complexity index is 171. The Kier molecular flexibility index (Phi) is 3.76. The number of nitrogens with zero attached hydrogens (tertiary/aromatic N) is 1. The summed E-state index contributed by atoms with van der Waals surface area (Å²) in [6, 6.07) is 0.534. The molecule has 1 amide bonds. The Morgan fingerprint density at radius 1 is 1.38 bits per heavy atom. The molecule has 0 aromatic heterocycles. The molecule has 0 radical (unpaired) electrons. The second-order valence-corrected chi connectivity index (χ2v) is 4.54. The minimum atomic E-state index is 0.321. The van der Waals surface area contributed by atoms with E-state index in [0.717, 1.165) is 0 Å². The highest BCUT2D eigenvalue weighted by Crippen LogP contribution is 2.23. The summed E-state index contributed by atoms with van der Waals surface area (Å²) in [4.78, 5) is 13.6. The van der Waals surface area contributed by atoms with Crippen molar-refractivity contribution in [1.82, 2.24) is 4.90 Å². The lowest BCUT2D eigenvalue weighted by Crippen LogP contribution is -2.35. The fourth-order valence-corrected chi connectivity index (χ4v) is 1.99. The van der Waals surface area contributed by atoms with Gasteiger partial charge in [-0.3, -0.25) is 4.79 Å². The van der Waals surface area contributed by atoms with Crippen molar-refractivity contribution in [3.8, 4) is 0 Å². The molecule has 0 atom stereocenters. The fraction of sp³-hybridized carbons (Fsp3) is 0.909. The Labute approximate surface area is 81.3 Å². The van der Waals surface area contributed by atoms with E-state index in [4.69, 9.17) is 0 Å². The molecule has 1 aliphatic carbocycles.